The molecule has 0 radical (unpaired) electrons. The van der Waals surface area contributed by atoms with Gasteiger partial charge in [-0.05, 0) is 50.2 Å². The van der Waals surface area contributed by atoms with Crippen molar-refractivity contribution in [2.24, 2.45) is 5.10 Å². The molecule has 2 aromatic heterocycles. The monoisotopic (exact) mass is 362 g/mol. The molecule has 1 amide bonds. The summed E-state index contributed by atoms with van der Waals surface area (Å²) in [6.45, 7) is 3.83. The van der Waals surface area contributed by atoms with Gasteiger partial charge in [-0.25, -0.2) is 10.2 Å². The third-order valence-electron chi connectivity index (χ3n) is 4.12. The molecule has 0 aliphatic carbocycles. The zero-order valence-electron chi connectivity index (χ0n) is 14.9. The molecule has 136 valence electrons. The maximum Gasteiger partial charge on any atom is 0.335 e. The van der Waals surface area contributed by atoms with Gasteiger partial charge in [0.2, 0.25) is 0 Å². The van der Waals surface area contributed by atoms with Crippen LogP contribution >= 0.6 is 0 Å². The van der Waals surface area contributed by atoms with Crippen LogP contribution in [0.15, 0.2) is 60.0 Å². The van der Waals surface area contributed by atoms with Crippen molar-refractivity contribution in [2.45, 2.75) is 13.8 Å². The summed E-state index contributed by atoms with van der Waals surface area (Å²) in [6, 6.07) is 12.0. The van der Waals surface area contributed by atoms with E-state index < -0.39 is 5.97 Å². The molecule has 0 saturated carbocycles. The predicted octanol–water partition coefficient (Wildman–Crippen LogP) is 2.95. The molecule has 0 unspecified atom stereocenters. The molecule has 27 heavy (non-hydrogen) atoms. The number of nitrogens with one attached hydrogen (secondary N) is 1. The Morgan fingerprint density at radius 1 is 1.15 bits per heavy atom. The lowest BCUT2D eigenvalue weighted by Gasteiger charge is -2.10. The number of hydrogen-bond acceptors (Lipinski definition) is 4. The van der Waals surface area contributed by atoms with Crippen molar-refractivity contribution in [2.75, 3.05) is 0 Å². The Morgan fingerprint density at radius 2 is 1.93 bits per heavy atom. The van der Waals surface area contributed by atoms with Gasteiger partial charge in [-0.3, -0.25) is 9.78 Å². The lowest BCUT2D eigenvalue weighted by Crippen LogP contribution is -2.17. The number of hydrazone groups is 1. The minimum atomic E-state index is -0.973. The van der Waals surface area contributed by atoms with Crippen LogP contribution in [0.3, 0.4) is 0 Å². The van der Waals surface area contributed by atoms with E-state index >= 15 is 0 Å². The van der Waals surface area contributed by atoms with Gasteiger partial charge >= 0.3 is 5.97 Å². The number of aromatic nitrogens is 2. The molecule has 2 heterocycles. The van der Waals surface area contributed by atoms with Gasteiger partial charge in [0.05, 0.1) is 17.3 Å². The molecule has 0 saturated heterocycles. The fraction of sp³-hybridized carbons (Fsp3) is 0.100. The second-order valence-electron chi connectivity index (χ2n) is 5.96. The van der Waals surface area contributed by atoms with Crippen LogP contribution in [0.1, 0.15) is 37.7 Å². The quantitative estimate of drug-likeness (QED) is 0.539. The van der Waals surface area contributed by atoms with E-state index in [0.717, 1.165) is 22.6 Å². The minimum absolute atomic E-state index is 0.221. The number of carboxylic acid groups (broad SMARTS) is 1. The van der Waals surface area contributed by atoms with Crippen LogP contribution in [0.5, 0.6) is 0 Å². The lowest BCUT2D eigenvalue weighted by molar-refractivity contribution is 0.0696. The smallest absolute Gasteiger partial charge is 0.335 e. The molecule has 0 aliphatic heterocycles. The Balaban J connectivity index is 1.83. The number of hydrogen-bond donors (Lipinski definition) is 2. The van der Waals surface area contributed by atoms with Crippen LogP contribution in [0.2, 0.25) is 0 Å². The van der Waals surface area contributed by atoms with E-state index in [-0.39, 0.29) is 11.5 Å². The summed E-state index contributed by atoms with van der Waals surface area (Å²) in [5.74, 6) is -1.32. The van der Waals surface area contributed by atoms with Crippen molar-refractivity contribution in [1.82, 2.24) is 15.0 Å². The molecular weight excluding hydrogens is 344 g/mol. The Labute approximate surface area is 156 Å². The number of carbonyl (C=O) groups is 2. The lowest BCUT2D eigenvalue weighted by atomic mass is 10.2. The molecule has 3 aromatic rings. The molecule has 7 heteroatoms. The molecule has 1 aromatic carbocycles. The highest BCUT2D eigenvalue weighted by Gasteiger charge is 2.11. The highest BCUT2D eigenvalue weighted by atomic mass is 16.4. The van der Waals surface area contributed by atoms with Crippen molar-refractivity contribution in [3.63, 3.8) is 0 Å². The fourth-order valence-corrected chi connectivity index (χ4v) is 2.82. The van der Waals surface area contributed by atoms with Crippen LogP contribution in [-0.4, -0.2) is 32.7 Å². The first-order valence-electron chi connectivity index (χ1n) is 8.23. The second-order valence-corrected chi connectivity index (χ2v) is 5.96. The molecule has 7 nitrogen and oxygen atoms in total. The van der Waals surface area contributed by atoms with Crippen LogP contribution in [-0.2, 0) is 0 Å². The van der Waals surface area contributed by atoms with Crippen molar-refractivity contribution >= 4 is 18.1 Å². The maximum absolute atomic E-state index is 12.0. The summed E-state index contributed by atoms with van der Waals surface area (Å²) < 4.78 is 1.94. The summed E-state index contributed by atoms with van der Waals surface area (Å²) in [5, 5.41) is 13.2. The van der Waals surface area contributed by atoms with E-state index in [2.05, 4.69) is 15.5 Å². The number of amides is 1. The average Bonchev–Trinajstić information content (AvgIpc) is 2.96. The summed E-state index contributed by atoms with van der Waals surface area (Å²) in [5.41, 5.74) is 6.50. The average molecular weight is 362 g/mol. The second kappa shape index (κ2) is 7.65. The normalized spacial score (nSPS) is 10.9. The molecule has 0 spiro atoms. The number of carboxylic acids is 1. The van der Waals surface area contributed by atoms with Crippen molar-refractivity contribution in [3.05, 3.63) is 82.9 Å². The van der Waals surface area contributed by atoms with E-state index in [0.29, 0.717) is 5.56 Å². The van der Waals surface area contributed by atoms with Gasteiger partial charge < -0.3 is 9.67 Å². The van der Waals surface area contributed by atoms with Gasteiger partial charge in [-0.2, -0.15) is 5.10 Å². The van der Waals surface area contributed by atoms with Gasteiger partial charge in [-0.1, -0.05) is 6.07 Å². The van der Waals surface area contributed by atoms with E-state index in [1.165, 1.54) is 6.20 Å². The largest absolute Gasteiger partial charge is 0.478 e. The van der Waals surface area contributed by atoms with E-state index in [1.54, 1.807) is 42.7 Å². The minimum Gasteiger partial charge on any atom is -0.478 e. The van der Waals surface area contributed by atoms with Gasteiger partial charge in [0.1, 0.15) is 0 Å². The zero-order chi connectivity index (χ0) is 19.4. The molecule has 0 fully saturated rings. The van der Waals surface area contributed by atoms with Gasteiger partial charge in [-0.15, -0.1) is 0 Å². The Kier molecular flexibility index (Phi) is 5.12. The number of nitrogens with zero attached hydrogens (tertiary/aromatic N) is 3. The molecule has 0 aliphatic rings. The van der Waals surface area contributed by atoms with E-state index in [4.69, 9.17) is 0 Å². The molecule has 3 rings (SSSR count). The predicted molar refractivity (Wildman–Crippen MR) is 101 cm³/mol. The van der Waals surface area contributed by atoms with Gasteiger partial charge in [0.15, 0.2) is 0 Å². The summed E-state index contributed by atoms with van der Waals surface area (Å²) >= 11 is 0. The number of aromatic carboxylic acids is 1. The van der Waals surface area contributed by atoms with Crippen LogP contribution in [0.4, 0.5) is 0 Å². The number of aryl methyl sites for hydroxylation is 1. The van der Waals surface area contributed by atoms with Crippen LogP contribution in [0.25, 0.3) is 5.69 Å². The molecule has 0 bridgehead atoms. The standard InChI is InChI=1S/C20H18N4O3/c1-13-9-17(12-22-23-19(25)16-6-4-8-21-11-16)14(2)24(13)18-7-3-5-15(10-18)20(26)27/h3-12H,1-2H3,(H,23,25)(H,26,27). The van der Waals surface area contributed by atoms with E-state index in [9.17, 15) is 14.7 Å². The Bertz CT molecular complexity index is 1020. The fourth-order valence-electron chi connectivity index (χ4n) is 2.82. The highest BCUT2D eigenvalue weighted by molar-refractivity contribution is 5.94. The summed E-state index contributed by atoms with van der Waals surface area (Å²) in [7, 11) is 0. The Hall–Kier alpha value is -3.74. The third-order valence-corrected chi connectivity index (χ3v) is 4.12. The number of pyridine rings is 1. The highest BCUT2D eigenvalue weighted by Crippen LogP contribution is 2.20. The number of rotatable bonds is 5. The zero-order valence-corrected chi connectivity index (χ0v) is 14.9. The molecule has 2 N–H and O–H groups in total. The number of benzene rings is 1. The third kappa shape index (κ3) is 3.92. The van der Waals surface area contributed by atoms with Crippen LogP contribution in [0, 0.1) is 13.8 Å². The van der Waals surface area contributed by atoms with Gasteiger partial charge in [0, 0.05) is 35.0 Å². The molecule has 0 atom stereocenters. The topological polar surface area (TPSA) is 96.6 Å². The van der Waals surface area contributed by atoms with Crippen molar-refractivity contribution in [3.8, 4) is 5.69 Å². The first kappa shape index (κ1) is 18.1. The SMILES string of the molecule is Cc1cc(C=NNC(=O)c2cccnc2)c(C)n1-c1cccc(C(=O)O)c1. The summed E-state index contributed by atoms with van der Waals surface area (Å²) in [6.07, 6.45) is 4.62. The molecular formula is C20H18N4O3. The van der Waals surface area contributed by atoms with Crippen LogP contribution < -0.4 is 5.43 Å². The van der Waals surface area contributed by atoms with Crippen molar-refractivity contribution in [1.29, 1.82) is 0 Å². The van der Waals surface area contributed by atoms with Crippen molar-refractivity contribution < 1.29 is 14.7 Å². The summed E-state index contributed by atoms with van der Waals surface area (Å²) in [4.78, 5) is 27.1. The van der Waals surface area contributed by atoms with Gasteiger partial charge in [0.25, 0.3) is 5.91 Å². The maximum atomic E-state index is 12.0. The first-order valence-corrected chi connectivity index (χ1v) is 8.23. The van der Waals surface area contributed by atoms with E-state index in [1.807, 2.05) is 30.5 Å². The number of carbonyl (C=O) groups excluding carboxylic acids is 1. The first-order chi connectivity index (χ1) is 13.0. The Morgan fingerprint density at radius 3 is 2.63 bits per heavy atom.